The fraction of sp³-hybridized carbons (Fsp3) is 0.143. The molecule has 0 bridgehead atoms. The number of nitrogens with two attached hydrogens (primary N) is 2. The summed E-state index contributed by atoms with van der Waals surface area (Å²) in [6.07, 6.45) is 5.08. The molecule has 0 spiro atoms. The molecule has 3 rings (SSSR count). The van der Waals surface area contributed by atoms with Gasteiger partial charge in [-0.05, 0) is 42.3 Å². The molecule has 1 aromatic carbocycles. The summed E-state index contributed by atoms with van der Waals surface area (Å²) in [4.78, 5) is 41.7. The third kappa shape index (κ3) is 4.19. The van der Waals surface area contributed by atoms with Crippen LogP contribution in [0.2, 0.25) is 0 Å². The van der Waals surface area contributed by atoms with Gasteiger partial charge < -0.3 is 16.8 Å². The summed E-state index contributed by atoms with van der Waals surface area (Å²) in [5.74, 6) is -1.83. The van der Waals surface area contributed by atoms with Crippen LogP contribution in [0.3, 0.4) is 0 Å². The van der Waals surface area contributed by atoms with E-state index >= 15 is 0 Å². The highest BCUT2D eigenvalue weighted by atomic mass is 19.1. The van der Waals surface area contributed by atoms with Gasteiger partial charge in [-0.25, -0.2) is 4.39 Å². The maximum absolute atomic E-state index is 13.2. The fourth-order valence-corrected chi connectivity index (χ4v) is 3.13. The summed E-state index contributed by atoms with van der Waals surface area (Å²) in [5, 5.41) is 2.49. The molecule has 0 fully saturated rings. The van der Waals surface area contributed by atoms with Gasteiger partial charge in [-0.15, -0.1) is 0 Å². The van der Waals surface area contributed by atoms with Gasteiger partial charge in [-0.3, -0.25) is 24.3 Å². The van der Waals surface area contributed by atoms with Crippen LogP contribution in [0, 0.1) is 12.7 Å². The molecule has 1 aliphatic rings. The Kier molecular flexibility index (Phi) is 5.63. The molecular formula is C21H20FN5O3. The molecule has 0 atom stereocenters. The van der Waals surface area contributed by atoms with Crippen LogP contribution in [0.1, 0.15) is 37.4 Å². The maximum atomic E-state index is 13.2. The molecule has 154 valence electrons. The Hall–Kier alpha value is -4.01. The Morgan fingerprint density at radius 2 is 1.90 bits per heavy atom. The first-order chi connectivity index (χ1) is 14.2. The number of aryl methyl sites for hydroxylation is 1. The average molecular weight is 409 g/mol. The van der Waals surface area contributed by atoms with Crippen molar-refractivity contribution >= 4 is 23.4 Å². The van der Waals surface area contributed by atoms with Crippen LogP contribution in [0.5, 0.6) is 0 Å². The van der Waals surface area contributed by atoms with Crippen molar-refractivity contribution in [2.24, 2.45) is 11.5 Å². The van der Waals surface area contributed by atoms with Crippen molar-refractivity contribution in [3.63, 3.8) is 0 Å². The van der Waals surface area contributed by atoms with Gasteiger partial charge in [-0.1, -0.05) is 6.07 Å². The minimum absolute atomic E-state index is 0.0103. The number of nitrogens with one attached hydrogen (secondary N) is 1. The highest BCUT2D eigenvalue weighted by molar-refractivity contribution is 6.22. The van der Waals surface area contributed by atoms with Gasteiger partial charge in [0, 0.05) is 24.5 Å². The molecule has 2 heterocycles. The van der Waals surface area contributed by atoms with Gasteiger partial charge in [0.25, 0.3) is 11.8 Å². The van der Waals surface area contributed by atoms with Gasteiger partial charge in [-0.2, -0.15) is 0 Å². The zero-order valence-electron chi connectivity index (χ0n) is 16.4. The predicted molar refractivity (Wildman–Crippen MR) is 108 cm³/mol. The number of hydrogen-bond acceptors (Lipinski definition) is 6. The third-order valence-electron chi connectivity index (χ3n) is 4.53. The monoisotopic (exact) mass is 409 g/mol. The van der Waals surface area contributed by atoms with E-state index in [4.69, 9.17) is 11.5 Å². The van der Waals surface area contributed by atoms with E-state index in [-0.39, 0.29) is 29.1 Å². The minimum Gasteiger partial charge on any atom is -0.398 e. The smallest absolute Gasteiger partial charge is 0.261 e. The Labute approximate surface area is 172 Å². The van der Waals surface area contributed by atoms with Crippen molar-refractivity contribution in [2.45, 2.75) is 13.3 Å². The lowest BCUT2D eigenvalue weighted by Crippen LogP contribution is -2.29. The van der Waals surface area contributed by atoms with Crippen molar-refractivity contribution in [1.29, 1.82) is 0 Å². The quantitative estimate of drug-likeness (QED) is 0.503. The summed E-state index contributed by atoms with van der Waals surface area (Å²) in [6, 6.07) is 4.54. The first-order valence-corrected chi connectivity index (χ1v) is 8.97. The second-order valence-electron chi connectivity index (χ2n) is 6.88. The van der Waals surface area contributed by atoms with Crippen LogP contribution in [0.15, 0.2) is 48.6 Å². The molecule has 2 aromatic rings. The zero-order chi connectivity index (χ0) is 22.0. The number of benzene rings is 1. The maximum Gasteiger partial charge on any atom is 0.261 e. The normalized spacial score (nSPS) is 14.2. The lowest BCUT2D eigenvalue weighted by Gasteiger charge is -2.09. The molecule has 9 heteroatoms. The van der Waals surface area contributed by atoms with Crippen molar-refractivity contribution in [2.75, 3.05) is 7.05 Å². The molecule has 1 aromatic heterocycles. The standard InChI is InChI=1S/C21H20FN5O3/c1-11-5-12(19-15(6-11)20(29)27(2)21(19)30)8-18(28)26-17(24)4-3-16(23)13-7-14(22)10-25-9-13/h3-7,9-10H,8,23-24H2,1-2H3,(H,26,28)/b16-3-,17-4+. The number of rotatable bonds is 5. The number of allylic oxidation sites excluding steroid dienone is 2. The number of nitrogens with zero attached hydrogens (tertiary/aromatic N) is 2. The lowest BCUT2D eigenvalue weighted by atomic mass is 9.97. The van der Waals surface area contributed by atoms with Gasteiger partial charge in [0.2, 0.25) is 5.91 Å². The van der Waals surface area contributed by atoms with Crippen molar-refractivity contribution in [1.82, 2.24) is 15.2 Å². The predicted octanol–water partition coefficient (Wildman–Crippen LogP) is 1.21. The highest BCUT2D eigenvalue weighted by Crippen LogP contribution is 2.27. The van der Waals surface area contributed by atoms with Crippen molar-refractivity contribution in [3.05, 3.63) is 82.2 Å². The molecule has 0 unspecified atom stereocenters. The Morgan fingerprint density at radius 1 is 1.17 bits per heavy atom. The van der Waals surface area contributed by atoms with Crippen molar-refractivity contribution in [3.8, 4) is 0 Å². The molecular weight excluding hydrogens is 389 g/mol. The van der Waals surface area contributed by atoms with Crippen LogP contribution in [0.4, 0.5) is 4.39 Å². The number of amides is 3. The molecule has 0 aliphatic carbocycles. The zero-order valence-corrected chi connectivity index (χ0v) is 16.4. The number of fused-ring (bicyclic) bond motifs is 1. The van der Waals surface area contributed by atoms with E-state index in [2.05, 4.69) is 10.3 Å². The first-order valence-electron chi connectivity index (χ1n) is 8.97. The summed E-state index contributed by atoms with van der Waals surface area (Å²) in [6.45, 7) is 1.78. The van der Waals surface area contributed by atoms with Gasteiger partial charge in [0.1, 0.15) is 11.6 Å². The first kappa shape index (κ1) is 20.7. The Bertz CT molecular complexity index is 1120. The van der Waals surface area contributed by atoms with E-state index in [0.717, 1.165) is 16.7 Å². The summed E-state index contributed by atoms with van der Waals surface area (Å²) >= 11 is 0. The minimum atomic E-state index is -0.529. The molecule has 5 N–H and O–H groups in total. The summed E-state index contributed by atoms with van der Waals surface area (Å²) in [7, 11) is 1.40. The third-order valence-corrected chi connectivity index (χ3v) is 4.53. The van der Waals surface area contributed by atoms with E-state index in [9.17, 15) is 18.8 Å². The van der Waals surface area contributed by atoms with E-state index in [1.54, 1.807) is 19.1 Å². The number of hydrogen-bond donors (Lipinski definition) is 3. The van der Waals surface area contributed by atoms with Gasteiger partial charge in [0.15, 0.2) is 0 Å². The largest absolute Gasteiger partial charge is 0.398 e. The molecule has 0 saturated carbocycles. The number of pyridine rings is 1. The molecule has 0 radical (unpaired) electrons. The van der Waals surface area contributed by atoms with E-state index < -0.39 is 23.5 Å². The van der Waals surface area contributed by atoms with Crippen molar-refractivity contribution < 1.29 is 18.8 Å². The van der Waals surface area contributed by atoms with Crippen LogP contribution < -0.4 is 16.8 Å². The van der Waals surface area contributed by atoms with Gasteiger partial charge in [0.05, 0.1) is 23.7 Å². The fourth-order valence-electron chi connectivity index (χ4n) is 3.13. The molecule has 30 heavy (non-hydrogen) atoms. The van der Waals surface area contributed by atoms with E-state index in [1.165, 1.54) is 31.5 Å². The second-order valence-corrected chi connectivity index (χ2v) is 6.88. The molecule has 0 saturated heterocycles. The summed E-state index contributed by atoms with van der Waals surface area (Å²) in [5.41, 5.74) is 14.0. The lowest BCUT2D eigenvalue weighted by molar-refractivity contribution is -0.119. The van der Waals surface area contributed by atoms with E-state index in [1.807, 2.05) is 0 Å². The number of carbonyl (C=O) groups excluding carboxylic acids is 3. The number of aromatic nitrogens is 1. The average Bonchev–Trinajstić information content (AvgIpc) is 2.90. The molecule has 3 amide bonds. The Morgan fingerprint density at radius 3 is 2.60 bits per heavy atom. The highest BCUT2D eigenvalue weighted by Gasteiger charge is 2.35. The van der Waals surface area contributed by atoms with Crippen LogP contribution in [-0.2, 0) is 11.2 Å². The Balaban J connectivity index is 1.74. The van der Waals surface area contributed by atoms with Crippen LogP contribution >= 0.6 is 0 Å². The topological polar surface area (TPSA) is 131 Å². The summed E-state index contributed by atoms with van der Waals surface area (Å²) < 4.78 is 13.2. The van der Waals surface area contributed by atoms with Crippen LogP contribution in [0.25, 0.3) is 5.70 Å². The second kappa shape index (κ2) is 8.16. The van der Waals surface area contributed by atoms with Gasteiger partial charge >= 0.3 is 0 Å². The number of imide groups is 1. The van der Waals surface area contributed by atoms with Crippen LogP contribution in [-0.4, -0.2) is 34.7 Å². The molecule has 8 nitrogen and oxygen atoms in total. The molecule has 1 aliphatic heterocycles. The van der Waals surface area contributed by atoms with E-state index in [0.29, 0.717) is 11.1 Å². The SMILES string of the molecule is Cc1cc(CC(=O)N/C(N)=C/C=C(\N)c2cncc(F)c2)c2c(c1)C(=O)N(C)C2=O. The number of carbonyl (C=O) groups is 3. The number of halogens is 1.